The smallest absolute Gasteiger partial charge is 0.265 e. The minimum atomic E-state index is -3.51. The fraction of sp³-hybridized carbons (Fsp3) is 0.100. The second-order valence-corrected chi connectivity index (χ2v) is 9.40. The molecule has 0 aliphatic rings. The monoisotopic (exact) mass is 463 g/mol. The number of thiophene rings is 1. The van der Waals surface area contributed by atoms with Gasteiger partial charge >= 0.3 is 0 Å². The van der Waals surface area contributed by atoms with Crippen molar-refractivity contribution in [3.63, 3.8) is 0 Å². The molecule has 1 heterocycles. The highest BCUT2D eigenvalue weighted by Gasteiger charge is 2.14. The average molecular weight is 464 g/mol. The molecule has 0 radical (unpaired) electrons. The largest absolute Gasteiger partial charge is 0.348 e. The lowest BCUT2D eigenvalue weighted by molar-refractivity contribution is 0.0949. The third-order valence-corrected chi connectivity index (χ3v) is 6.81. The lowest BCUT2D eigenvalue weighted by Crippen LogP contribution is -2.23. The molecule has 0 atom stereocenters. The lowest BCUT2D eigenvalue weighted by Gasteiger charge is -2.10. The molecule has 3 aromatic rings. The van der Waals surface area contributed by atoms with Crippen LogP contribution in [-0.4, -0.2) is 27.3 Å². The molecular formula is C20H18ClN3O4S2. The molecule has 0 spiro atoms. The van der Waals surface area contributed by atoms with Crippen molar-refractivity contribution < 1.29 is 18.0 Å². The fourth-order valence-corrected chi connectivity index (χ4v) is 4.06. The molecule has 0 saturated heterocycles. The number of amides is 2. The van der Waals surface area contributed by atoms with Crippen LogP contribution >= 0.6 is 22.9 Å². The Balaban J connectivity index is 1.66. The van der Waals surface area contributed by atoms with Gasteiger partial charge in [-0.25, -0.2) is 13.1 Å². The molecule has 0 bridgehead atoms. The normalized spacial score (nSPS) is 11.1. The van der Waals surface area contributed by atoms with Gasteiger partial charge in [0.25, 0.3) is 11.8 Å². The van der Waals surface area contributed by atoms with Gasteiger partial charge in [0.15, 0.2) is 0 Å². The molecule has 1 aromatic heterocycles. The number of rotatable bonds is 7. The molecule has 2 amide bonds. The van der Waals surface area contributed by atoms with Crippen LogP contribution in [0.1, 0.15) is 25.6 Å². The third kappa shape index (κ3) is 5.25. The Hall–Kier alpha value is -2.72. The summed E-state index contributed by atoms with van der Waals surface area (Å²) in [5.41, 5.74) is 1.40. The van der Waals surface area contributed by atoms with Crippen molar-refractivity contribution in [2.45, 2.75) is 11.4 Å². The van der Waals surface area contributed by atoms with Crippen LogP contribution in [0.25, 0.3) is 0 Å². The Bertz CT molecular complexity index is 1160. The minimum Gasteiger partial charge on any atom is -0.348 e. The second-order valence-electron chi connectivity index (χ2n) is 6.16. The molecule has 0 saturated carbocycles. The summed E-state index contributed by atoms with van der Waals surface area (Å²) in [5, 5.41) is 7.57. The molecule has 156 valence electrons. The topological polar surface area (TPSA) is 104 Å². The van der Waals surface area contributed by atoms with Crippen LogP contribution in [0.5, 0.6) is 0 Å². The van der Waals surface area contributed by atoms with E-state index < -0.39 is 10.0 Å². The first-order valence-electron chi connectivity index (χ1n) is 8.75. The summed E-state index contributed by atoms with van der Waals surface area (Å²) in [5.74, 6) is -0.661. The van der Waals surface area contributed by atoms with E-state index >= 15 is 0 Å². The number of anilines is 1. The van der Waals surface area contributed by atoms with Gasteiger partial charge < -0.3 is 10.6 Å². The fourth-order valence-electron chi connectivity index (χ4n) is 2.54. The van der Waals surface area contributed by atoms with E-state index in [1.54, 1.807) is 35.7 Å². The maximum Gasteiger partial charge on any atom is 0.265 e. The van der Waals surface area contributed by atoms with E-state index in [0.29, 0.717) is 21.2 Å². The Morgan fingerprint density at radius 3 is 2.40 bits per heavy atom. The summed E-state index contributed by atoms with van der Waals surface area (Å²) in [6.45, 7) is 0.207. The van der Waals surface area contributed by atoms with E-state index in [2.05, 4.69) is 15.4 Å². The summed E-state index contributed by atoms with van der Waals surface area (Å²) in [4.78, 5) is 25.4. The van der Waals surface area contributed by atoms with E-state index in [1.807, 2.05) is 0 Å². The summed E-state index contributed by atoms with van der Waals surface area (Å²) in [6, 6.07) is 14.2. The second kappa shape index (κ2) is 9.40. The van der Waals surface area contributed by atoms with E-state index in [9.17, 15) is 18.0 Å². The number of hydrogen-bond acceptors (Lipinski definition) is 5. The van der Waals surface area contributed by atoms with Crippen molar-refractivity contribution in [1.82, 2.24) is 10.0 Å². The molecule has 2 aromatic carbocycles. The quantitative estimate of drug-likeness (QED) is 0.498. The summed E-state index contributed by atoms with van der Waals surface area (Å²) in [6.07, 6.45) is 0. The van der Waals surface area contributed by atoms with Gasteiger partial charge in [0.05, 0.1) is 20.5 Å². The van der Waals surface area contributed by atoms with E-state index in [0.717, 1.165) is 5.56 Å². The first-order chi connectivity index (χ1) is 14.3. The van der Waals surface area contributed by atoms with Crippen LogP contribution in [0.3, 0.4) is 0 Å². The van der Waals surface area contributed by atoms with Crippen LogP contribution in [0.4, 0.5) is 5.69 Å². The Morgan fingerprint density at radius 1 is 1.03 bits per heavy atom. The van der Waals surface area contributed by atoms with E-state index in [-0.39, 0.29) is 23.3 Å². The zero-order valence-corrected chi connectivity index (χ0v) is 18.2. The zero-order valence-electron chi connectivity index (χ0n) is 15.8. The van der Waals surface area contributed by atoms with Crippen LogP contribution in [0, 0.1) is 0 Å². The van der Waals surface area contributed by atoms with Gasteiger partial charge in [0.2, 0.25) is 10.0 Å². The average Bonchev–Trinajstić information content (AvgIpc) is 3.29. The van der Waals surface area contributed by atoms with Gasteiger partial charge in [-0.15, -0.1) is 11.3 Å². The molecule has 7 nitrogen and oxygen atoms in total. The van der Waals surface area contributed by atoms with E-state index in [4.69, 9.17) is 11.6 Å². The number of halogens is 1. The number of hydrogen-bond donors (Lipinski definition) is 3. The maximum absolute atomic E-state index is 12.5. The molecule has 0 unspecified atom stereocenters. The minimum absolute atomic E-state index is 0.143. The Morgan fingerprint density at radius 2 is 1.77 bits per heavy atom. The van der Waals surface area contributed by atoms with Crippen molar-refractivity contribution in [3.05, 3.63) is 81.0 Å². The molecule has 3 N–H and O–H groups in total. The molecule has 0 fully saturated rings. The molecule has 3 rings (SSSR count). The van der Waals surface area contributed by atoms with Crippen molar-refractivity contribution >= 4 is 50.5 Å². The van der Waals surface area contributed by atoms with Gasteiger partial charge in [-0.3, -0.25) is 9.59 Å². The first kappa shape index (κ1) is 22.0. The molecule has 10 heteroatoms. The van der Waals surface area contributed by atoms with Gasteiger partial charge in [-0.2, -0.15) is 0 Å². The third-order valence-electron chi connectivity index (χ3n) is 4.18. The number of sulfonamides is 1. The van der Waals surface area contributed by atoms with Gasteiger partial charge in [0, 0.05) is 12.1 Å². The van der Waals surface area contributed by atoms with Crippen LogP contribution in [0.2, 0.25) is 5.02 Å². The predicted octanol–water partition coefficient (Wildman–Crippen LogP) is 3.49. The number of carbonyl (C=O) groups excluding carboxylic acids is 2. The highest BCUT2D eigenvalue weighted by atomic mass is 35.5. The van der Waals surface area contributed by atoms with Crippen LogP contribution in [-0.2, 0) is 16.6 Å². The number of nitrogens with one attached hydrogen (secondary N) is 3. The number of benzene rings is 2. The SMILES string of the molecule is CNS(=O)(=O)c1ccc(CNC(=O)c2ccc(Cl)c(NC(=O)c3cccs3)c2)cc1. The van der Waals surface area contributed by atoms with E-state index in [1.165, 1.54) is 42.6 Å². The molecule has 0 aliphatic heterocycles. The highest BCUT2D eigenvalue weighted by molar-refractivity contribution is 7.89. The summed E-state index contributed by atoms with van der Waals surface area (Å²) >= 11 is 7.45. The Kier molecular flexibility index (Phi) is 6.88. The van der Waals surface area contributed by atoms with Crippen molar-refractivity contribution in [2.24, 2.45) is 0 Å². The molecular weight excluding hydrogens is 446 g/mol. The highest BCUT2D eigenvalue weighted by Crippen LogP contribution is 2.24. The zero-order chi connectivity index (χ0) is 21.7. The number of carbonyl (C=O) groups is 2. The predicted molar refractivity (Wildman–Crippen MR) is 118 cm³/mol. The molecule has 30 heavy (non-hydrogen) atoms. The maximum atomic E-state index is 12.5. The lowest BCUT2D eigenvalue weighted by atomic mass is 10.1. The first-order valence-corrected chi connectivity index (χ1v) is 11.5. The Labute approximate surface area is 183 Å². The molecule has 0 aliphatic carbocycles. The van der Waals surface area contributed by atoms with Gasteiger partial charge in [0.1, 0.15) is 0 Å². The standard InChI is InChI=1S/C20H18ClN3O4S2/c1-22-30(27,28)15-7-4-13(5-8-15)12-23-19(25)14-6-9-16(21)17(11-14)24-20(26)18-3-2-10-29-18/h2-11,22H,12H2,1H3,(H,23,25)(H,24,26). The van der Waals surface area contributed by atoms with Crippen molar-refractivity contribution in [2.75, 3.05) is 12.4 Å². The summed E-state index contributed by atoms with van der Waals surface area (Å²) < 4.78 is 25.8. The van der Waals surface area contributed by atoms with Crippen LogP contribution in [0.15, 0.2) is 64.9 Å². The van der Waals surface area contributed by atoms with Crippen molar-refractivity contribution in [1.29, 1.82) is 0 Å². The van der Waals surface area contributed by atoms with Crippen LogP contribution < -0.4 is 15.4 Å². The van der Waals surface area contributed by atoms with Gasteiger partial charge in [-0.05, 0) is 54.4 Å². The van der Waals surface area contributed by atoms with Crippen molar-refractivity contribution in [3.8, 4) is 0 Å². The summed E-state index contributed by atoms with van der Waals surface area (Å²) in [7, 11) is -2.17. The van der Waals surface area contributed by atoms with Gasteiger partial charge in [-0.1, -0.05) is 29.8 Å².